The number of hydrogen-bond donors (Lipinski definition) is 1. The van der Waals surface area contributed by atoms with Crippen molar-refractivity contribution in [3.05, 3.63) is 0 Å². The van der Waals surface area contributed by atoms with Crippen molar-refractivity contribution >= 4 is 0 Å². The third-order valence-electron chi connectivity index (χ3n) is 2.17. The van der Waals surface area contributed by atoms with Crippen LogP contribution in [-0.4, -0.2) is 61.4 Å². The fraction of sp³-hybridized carbons (Fsp3) is 1.00. The lowest BCUT2D eigenvalue weighted by atomic mass is 10.3. The molecule has 0 bridgehead atoms. The Bertz CT molecular complexity index is 128. The minimum Gasteiger partial charge on any atom is -0.304 e. The minimum atomic E-state index is 0.393. The summed E-state index contributed by atoms with van der Waals surface area (Å²) in [4.78, 5) is 9.03. The summed E-state index contributed by atoms with van der Waals surface area (Å²) in [6.45, 7) is 5.43. The summed E-state index contributed by atoms with van der Waals surface area (Å²) in [6.07, 6.45) is 0. The highest BCUT2D eigenvalue weighted by Gasteiger charge is 2.12. The van der Waals surface area contributed by atoms with E-state index >= 15 is 0 Å². The van der Waals surface area contributed by atoms with Crippen LogP contribution in [0.5, 0.6) is 0 Å². The highest BCUT2D eigenvalue weighted by Crippen LogP contribution is 1.98. The van der Waals surface area contributed by atoms with Crippen LogP contribution in [-0.2, 0) is 15.0 Å². The molecule has 1 fully saturated rings. The Balaban J connectivity index is 1.96. The van der Waals surface area contributed by atoms with Crippen LogP contribution in [0, 0.1) is 0 Å². The average molecular weight is 192 g/mol. The van der Waals surface area contributed by atoms with Crippen LogP contribution in [0.2, 0.25) is 0 Å². The maximum atomic E-state index is 7.77. The zero-order valence-electron chi connectivity index (χ0n) is 7.81. The van der Waals surface area contributed by atoms with Crippen molar-refractivity contribution in [3.63, 3.8) is 0 Å². The molecule has 0 spiro atoms. The predicted molar refractivity (Wildman–Crippen MR) is 44.7 cm³/mol. The zero-order valence-corrected chi connectivity index (χ0v) is 7.81. The molecule has 0 saturated carbocycles. The van der Waals surface area contributed by atoms with Crippen LogP contribution in [0.15, 0.2) is 0 Å². The van der Waals surface area contributed by atoms with Crippen LogP contribution in [0.25, 0.3) is 0 Å². The fourth-order valence-electron chi connectivity index (χ4n) is 1.29. The molecule has 1 rings (SSSR count). The number of rotatable bonds is 5. The van der Waals surface area contributed by atoms with Gasteiger partial charge in [-0.3, -0.25) is 4.90 Å². The first-order valence-corrected chi connectivity index (χ1v) is 4.33. The van der Waals surface area contributed by atoms with Crippen LogP contribution in [0.1, 0.15) is 0 Å². The van der Waals surface area contributed by atoms with E-state index in [0.29, 0.717) is 6.61 Å². The number of nitrogens with zero attached hydrogens (tertiary/aromatic N) is 2. The zero-order chi connectivity index (χ0) is 9.52. The molecular weight excluding hydrogens is 176 g/mol. The first kappa shape index (κ1) is 10.8. The third kappa shape index (κ3) is 4.51. The second kappa shape index (κ2) is 6.25. The van der Waals surface area contributed by atoms with Gasteiger partial charge in [0, 0.05) is 32.7 Å². The van der Waals surface area contributed by atoms with Crippen LogP contribution in [0.3, 0.4) is 0 Å². The van der Waals surface area contributed by atoms with Gasteiger partial charge in [0.2, 0.25) is 0 Å². The fourth-order valence-corrected chi connectivity index (χ4v) is 1.29. The maximum Gasteiger partial charge on any atom is 0.0981 e. The Labute approximate surface area is 77.4 Å². The Morgan fingerprint density at radius 3 is 2.54 bits per heavy atom. The molecule has 0 radical (unpaired) electrons. The van der Waals surface area contributed by atoms with Gasteiger partial charge in [0.25, 0.3) is 0 Å². The van der Waals surface area contributed by atoms with Gasteiger partial charge < -0.3 is 4.90 Å². The molecule has 0 aromatic rings. The van der Waals surface area contributed by atoms with Gasteiger partial charge in [-0.15, -0.1) is 0 Å². The lowest BCUT2D eigenvalue weighted by Gasteiger charge is -2.31. The van der Waals surface area contributed by atoms with E-state index in [2.05, 4.69) is 31.8 Å². The maximum absolute atomic E-state index is 7.77. The molecule has 0 aromatic heterocycles. The molecule has 78 valence electrons. The molecule has 1 heterocycles. The van der Waals surface area contributed by atoms with Gasteiger partial charge in [0.15, 0.2) is 0 Å². The summed E-state index contributed by atoms with van der Waals surface area (Å²) < 4.78 is 0. The van der Waals surface area contributed by atoms with Gasteiger partial charge in [-0.25, -0.2) is 10.1 Å². The highest BCUT2D eigenvalue weighted by molar-refractivity contribution is 4.68. The monoisotopic (exact) mass is 192 g/mol. The minimum absolute atomic E-state index is 0.393. The van der Waals surface area contributed by atoms with E-state index in [4.69, 9.17) is 5.26 Å². The highest BCUT2D eigenvalue weighted by atomic mass is 17.6. The summed E-state index contributed by atoms with van der Waals surface area (Å²) >= 11 is 0. The smallest absolute Gasteiger partial charge is 0.0981 e. The second-order valence-corrected chi connectivity index (χ2v) is 3.11. The van der Waals surface area contributed by atoms with Crippen molar-refractivity contribution in [2.24, 2.45) is 0 Å². The molecule has 0 amide bonds. The van der Waals surface area contributed by atoms with Crippen LogP contribution in [0.4, 0.5) is 0 Å². The van der Waals surface area contributed by atoms with Gasteiger partial charge in [0.05, 0.1) is 6.61 Å². The Morgan fingerprint density at radius 2 is 1.92 bits per heavy atom. The summed E-state index contributed by atoms with van der Waals surface area (Å²) in [5, 5.41) is 14.9. The standard InChI is InChI=1S/C7H16N2O4/c1-8-2-4-9(5-3-8)6-7-11-13-12-10/h10H,2-7H2,1H3. The molecule has 0 aliphatic carbocycles. The largest absolute Gasteiger partial charge is 0.304 e. The van der Waals surface area contributed by atoms with Gasteiger partial charge >= 0.3 is 0 Å². The summed E-state index contributed by atoms with van der Waals surface area (Å²) in [7, 11) is 2.11. The summed E-state index contributed by atoms with van der Waals surface area (Å²) in [6, 6.07) is 0. The predicted octanol–water partition coefficient (Wildman–Crippen LogP) is -0.413. The van der Waals surface area contributed by atoms with Crippen molar-refractivity contribution in [1.29, 1.82) is 0 Å². The molecule has 1 aliphatic rings. The molecule has 1 aliphatic heterocycles. The Hall–Kier alpha value is -0.240. The van der Waals surface area contributed by atoms with Crippen LogP contribution >= 0.6 is 0 Å². The molecule has 0 atom stereocenters. The van der Waals surface area contributed by atoms with Gasteiger partial charge in [-0.2, -0.15) is 0 Å². The first-order chi connectivity index (χ1) is 6.33. The summed E-state index contributed by atoms with van der Waals surface area (Å²) in [5.74, 6) is 0. The molecule has 6 heteroatoms. The molecule has 1 N–H and O–H groups in total. The SMILES string of the molecule is CN1CCN(CCOOOO)CC1. The van der Waals surface area contributed by atoms with E-state index in [9.17, 15) is 0 Å². The molecule has 1 saturated heterocycles. The van der Waals surface area contributed by atoms with E-state index in [1.165, 1.54) is 0 Å². The molecule has 0 unspecified atom stereocenters. The second-order valence-electron chi connectivity index (χ2n) is 3.11. The molecular formula is C7H16N2O4. The molecule has 13 heavy (non-hydrogen) atoms. The van der Waals surface area contributed by atoms with Gasteiger partial charge in [0.1, 0.15) is 0 Å². The Morgan fingerprint density at radius 1 is 1.23 bits per heavy atom. The van der Waals surface area contributed by atoms with Crippen molar-refractivity contribution in [1.82, 2.24) is 9.80 Å². The lowest BCUT2D eigenvalue weighted by molar-refractivity contribution is -0.623. The van der Waals surface area contributed by atoms with Crippen molar-refractivity contribution < 1.29 is 20.2 Å². The topological polar surface area (TPSA) is 54.4 Å². The van der Waals surface area contributed by atoms with E-state index in [0.717, 1.165) is 32.7 Å². The van der Waals surface area contributed by atoms with Gasteiger partial charge in [-0.1, -0.05) is 0 Å². The van der Waals surface area contributed by atoms with Crippen molar-refractivity contribution in [2.75, 3.05) is 46.4 Å². The van der Waals surface area contributed by atoms with E-state index in [1.807, 2.05) is 0 Å². The molecule has 0 aromatic carbocycles. The Kier molecular flexibility index (Phi) is 5.21. The number of piperazine rings is 1. The van der Waals surface area contributed by atoms with E-state index in [1.54, 1.807) is 0 Å². The molecule has 6 nitrogen and oxygen atoms in total. The van der Waals surface area contributed by atoms with Crippen molar-refractivity contribution in [3.8, 4) is 0 Å². The quantitative estimate of drug-likeness (QED) is 0.363. The van der Waals surface area contributed by atoms with Crippen LogP contribution < -0.4 is 0 Å². The summed E-state index contributed by atoms with van der Waals surface area (Å²) in [5.41, 5.74) is 0. The van der Waals surface area contributed by atoms with Crippen molar-refractivity contribution in [2.45, 2.75) is 0 Å². The normalized spacial score (nSPS) is 20.8. The van der Waals surface area contributed by atoms with E-state index in [-0.39, 0.29) is 0 Å². The third-order valence-corrected chi connectivity index (χ3v) is 2.17. The van der Waals surface area contributed by atoms with E-state index < -0.39 is 0 Å². The van der Waals surface area contributed by atoms with Gasteiger partial charge in [-0.05, 0) is 17.1 Å². The average Bonchev–Trinajstić information content (AvgIpc) is 2.15. The number of hydrogen-bond acceptors (Lipinski definition) is 6. The number of likely N-dealkylation sites (N-methyl/N-ethyl adjacent to an activating group) is 1. The lowest BCUT2D eigenvalue weighted by Crippen LogP contribution is -2.45. The first-order valence-electron chi connectivity index (χ1n) is 4.33.